The van der Waals surface area contributed by atoms with Gasteiger partial charge in [-0.25, -0.2) is 4.57 Å². The lowest BCUT2D eigenvalue weighted by atomic mass is 10.8. The average molecular weight is 184 g/mol. The number of ether oxygens (including phenoxy) is 1. The molecule has 0 saturated carbocycles. The number of phosphoric acid groups is 1. The Morgan fingerprint density at radius 2 is 1.64 bits per heavy atom. The van der Waals surface area contributed by atoms with Gasteiger partial charge >= 0.3 is 7.82 Å². The number of hydrogen-bond donors (Lipinski definition) is 0. The van der Waals surface area contributed by atoms with E-state index in [4.69, 9.17) is 9.26 Å². The van der Waals surface area contributed by atoms with Gasteiger partial charge in [0.05, 0.1) is 0 Å². The summed E-state index contributed by atoms with van der Waals surface area (Å²) < 4.78 is 29.6. The van der Waals surface area contributed by atoms with Crippen LogP contribution in [0.3, 0.4) is 0 Å². The number of rotatable bonds is 5. The van der Waals surface area contributed by atoms with Crippen LogP contribution in [0.15, 0.2) is 0 Å². The van der Waals surface area contributed by atoms with Crippen LogP contribution in [0.1, 0.15) is 6.92 Å². The first-order valence-corrected chi connectivity index (χ1v) is 4.46. The van der Waals surface area contributed by atoms with Crippen molar-refractivity contribution in [3.05, 3.63) is 0 Å². The molecule has 68 valence electrons. The van der Waals surface area contributed by atoms with Crippen molar-refractivity contribution in [3.63, 3.8) is 0 Å². The van der Waals surface area contributed by atoms with E-state index in [-0.39, 0.29) is 0 Å². The Balaban J connectivity index is 3.97. The standard InChI is InChI=1S/C5H13O5P/c1-5(7-2)10-11(6,8-3)9-4/h5H,1-4H3. The summed E-state index contributed by atoms with van der Waals surface area (Å²) in [5.41, 5.74) is 0. The molecule has 11 heavy (non-hydrogen) atoms. The smallest absolute Gasteiger partial charge is 0.356 e. The van der Waals surface area contributed by atoms with Gasteiger partial charge in [-0.1, -0.05) is 0 Å². The predicted octanol–water partition coefficient (Wildman–Crippen LogP) is 1.40. The highest BCUT2D eigenvalue weighted by atomic mass is 31.2. The second-order valence-corrected chi connectivity index (χ2v) is 3.56. The zero-order chi connectivity index (χ0) is 8.91. The van der Waals surface area contributed by atoms with Gasteiger partial charge in [0.15, 0.2) is 6.29 Å². The van der Waals surface area contributed by atoms with Crippen molar-refractivity contribution in [2.24, 2.45) is 0 Å². The second-order valence-electron chi connectivity index (χ2n) is 1.72. The molecular formula is C5H13O5P. The molecule has 0 bridgehead atoms. The average Bonchev–Trinajstić information content (AvgIpc) is 2.04. The third kappa shape index (κ3) is 3.84. The Hall–Kier alpha value is 0.0700. The summed E-state index contributed by atoms with van der Waals surface area (Å²) >= 11 is 0. The topological polar surface area (TPSA) is 54.0 Å². The maximum absolute atomic E-state index is 11.2. The Kier molecular flexibility index (Phi) is 4.88. The van der Waals surface area contributed by atoms with E-state index in [1.165, 1.54) is 21.3 Å². The summed E-state index contributed by atoms with van der Waals surface area (Å²) in [6, 6.07) is 0. The molecule has 0 amide bonds. The molecule has 0 saturated heterocycles. The molecule has 5 nitrogen and oxygen atoms in total. The quantitative estimate of drug-likeness (QED) is 0.477. The maximum Gasteiger partial charge on any atom is 0.476 e. The Bertz CT molecular complexity index is 140. The van der Waals surface area contributed by atoms with Gasteiger partial charge in [0.25, 0.3) is 0 Å². The van der Waals surface area contributed by atoms with Crippen LogP contribution in [0.4, 0.5) is 0 Å². The first-order valence-electron chi connectivity index (χ1n) is 3.00. The molecule has 0 aliphatic heterocycles. The van der Waals surface area contributed by atoms with Crippen molar-refractivity contribution in [3.8, 4) is 0 Å². The highest BCUT2D eigenvalue weighted by molar-refractivity contribution is 7.48. The maximum atomic E-state index is 11.2. The Labute approximate surface area is 66.2 Å². The number of methoxy groups -OCH3 is 1. The van der Waals surface area contributed by atoms with Crippen LogP contribution < -0.4 is 0 Å². The van der Waals surface area contributed by atoms with Crippen molar-refractivity contribution in [1.82, 2.24) is 0 Å². The minimum absolute atomic E-state index is 0.610. The van der Waals surface area contributed by atoms with E-state index in [1.54, 1.807) is 6.92 Å². The third-order valence-electron chi connectivity index (χ3n) is 1.06. The van der Waals surface area contributed by atoms with Crippen LogP contribution in [0.25, 0.3) is 0 Å². The summed E-state index contributed by atoms with van der Waals surface area (Å²) in [6.07, 6.45) is -0.610. The summed E-state index contributed by atoms with van der Waals surface area (Å²) in [5, 5.41) is 0. The molecule has 0 spiro atoms. The summed E-state index contributed by atoms with van der Waals surface area (Å²) in [4.78, 5) is 0. The van der Waals surface area contributed by atoms with Gasteiger partial charge in [-0.2, -0.15) is 0 Å². The molecular weight excluding hydrogens is 171 g/mol. The third-order valence-corrected chi connectivity index (χ3v) is 2.51. The van der Waals surface area contributed by atoms with Crippen molar-refractivity contribution in [2.75, 3.05) is 21.3 Å². The van der Waals surface area contributed by atoms with Gasteiger partial charge < -0.3 is 4.74 Å². The molecule has 0 fully saturated rings. The highest BCUT2D eigenvalue weighted by Gasteiger charge is 2.25. The molecule has 1 atom stereocenters. The number of hydrogen-bond acceptors (Lipinski definition) is 5. The van der Waals surface area contributed by atoms with Crippen molar-refractivity contribution >= 4 is 7.82 Å². The van der Waals surface area contributed by atoms with Gasteiger partial charge in [0.2, 0.25) is 0 Å². The molecule has 1 unspecified atom stereocenters. The molecule has 0 rings (SSSR count). The second kappa shape index (κ2) is 4.85. The fourth-order valence-corrected chi connectivity index (χ4v) is 1.16. The molecule has 0 N–H and O–H groups in total. The molecule has 0 aromatic carbocycles. The van der Waals surface area contributed by atoms with Gasteiger partial charge in [-0.05, 0) is 6.92 Å². The van der Waals surface area contributed by atoms with Crippen molar-refractivity contribution in [1.29, 1.82) is 0 Å². The SMILES string of the molecule is COC(C)OP(=O)(OC)OC. The molecule has 6 heteroatoms. The lowest BCUT2D eigenvalue weighted by molar-refractivity contribution is -0.0590. The molecule has 0 heterocycles. The molecule has 0 aliphatic carbocycles. The van der Waals surface area contributed by atoms with Crippen molar-refractivity contribution in [2.45, 2.75) is 13.2 Å². The van der Waals surface area contributed by atoms with Gasteiger partial charge in [-0.15, -0.1) is 0 Å². The summed E-state index contributed by atoms with van der Waals surface area (Å²) in [6.45, 7) is 1.59. The zero-order valence-corrected chi connectivity index (χ0v) is 7.96. The summed E-state index contributed by atoms with van der Waals surface area (Å²) in [5.74, 6) is 0. The van der Waals surface area contributed by atoms with Crippen LogP contribution in [-0.4, -0.2) is 27.6 Å². The summed E-state index contributed by atoms with van der Waals surface area (Å²) in [7, 11) is 0.538. The lowest BCUT2D eigenvalue weighted by Gasteiger charge is -2.16. The van der Waals surface area contributed by atoms with Crippen LogP contribution in [0, 0.1) is 0 Å². The fraction of sp³-hybridized carbons (Fsp3) is 1.00. The first-order chi connectivity index (χ1) is 5.08. The molecule has 0 aromatic rings. The number of phosphoric ester groups is 1. The Morgan fingerprint density at radius 3 is 1.91 bits per heavy atom. The minimum atomic E-state index is -3.38. The van der Waals surface area contributed by atoms with Crippen molar-refractivity contribution < 1.29 is 22.9 Å². The molecule has 0 aromatic heterocycles. The normalized spacial score (nSPS) is 14.9. The Morgan fingerprint density at radius 1 is 1.18 bits per heavy atom. The van der Waals surface area contributed by atoms with E-state index < -0.39 is 14.1 Å². The predicted molar refractivity (Wildman–Crippen MR) is 39.2 cm³/mol. The van der Waals surface area contributed by atoms with E-state index in [0.717, 1.165) is 0 Å². The van der Waals surface area contributed by atoms with E-state index in [9.17, 15) is 4.57 Å². The molecule has 0 aliphatic rings. The molecule has 0 radical (unpaired) electrons. The van der Waals surface area contributed by atoms with Crippen LogP contribution >= 0.6 is 7.82 Å². The van der Waals surface area contributed by atoms with E-state index >= 15 is 0 Å². The minimum Gasteiger partial charge on any atom is -0.356 e. The fourth-order valence-electron chi connectivity index (χ4n) is 0.385. The largest absolute Gasteiger partial charge is 0.476 e. The monoisotopic (exact) mass is 184 g/mol. The van der Waals surface area contributed by atoms with E-state index in [1.807, 2.05) is 0 Å². The van der Waals surface area contributed by atoms with Crippen LogP contribution in [0.2, 0.25) is 0 Å². The van der Waals surface area contributed by atoms with E-state index in [0.29, 0.717) is 0 Å². The highest BCUT2D eigenvalue weighted by Crippen LogP contribution is 2.48. The lowest BCUT2D eigenvalue weighted by Crippen LogP contribution is -2.09. The van der Waals surface area contributed by atoms with Gasteiger partial charge in [0, 0.05) is 21.3 Å². The zero-order valence-electron chi connectivity index (χ0n) is 7.07. The van der Waals surface area contributed by atoms with Crippen LogP contribution in [0.5, 0.6) is 0 Å². The van der Waals surface area contributed by atoms with Crippen LogP contribution in [-0.2, 0) is 22.9 Å². The first kappa shape index (κ1) is 11.1. The van der Waals surface area contributed by atoms with Gasteiger partial charge in [0.1, 0.15) is 0 Å². The van der Waals surface area contributed by atoms with E-state index in [2.05, 4.69) is 9.05 Å². The van der Waals surface area contributed by atoms with Gasteiger partial charge in [-0.3, -0.25) is 13.6 Å².